The molecule has 0 amide bonds. The first-order chi connectivity index (χ1) is 10.3. The molecule has 112 valence electrons. The zero-order valence-electron chi connectivity index (χ0n) is 11.5. The molecule has 1 unspecified atom stereocenters. The number of aromatic nitrogens is 5. The van der Waals surface area contributed by atoms with Crippen LogP contribution in [-0.2, 0) is 4.74 Å². The number of nitrogen functional groups attached to an aromatic ring is 1. The lowest BCUT2D eigenvalue weighted by Crippen LogP contribution is -2.26. The maximum atomic E-state index is 5.61. The third kappa shape index (κ3) is 3.44. The van der Waals surface area contributed by atoms with Gasteiger partial charge in [-0.3, -0.25) is 9.99 Å². The lowest BCUT2D eigenvalue weighted by Gasteiger charge is -2.22. The summed E-state index contributed by atoms with van der Waals surface area (Å²) in [5.41, 5.74) is 2.40. The summed E-state index contributed by atoms with van der Waals surface area (Å²) in [4.78, 5) is 16.4. The summed E-state index contributed by atoms with van der Waals surface area (Å²) in [6.07, 6.45) is 8.28. The van der Waals surface area contributed by atoms with Gasteiger partial charge in [-0.2, -0.15) is 15.0 Å². The summed E-state index contributed by atoms with van der Waals surface area (Å²) in [5.74, 6) is 5.99. The Bertz CT molecular complexity index is 569. The normalized spacial score (nSPS) is 18.4. The Morgan fingerprint density at radius 2 is 2.33 bits per heavy atom. The van der Waals surface area contributed by atoms with Crippen molar-refractivity contribution in [1.29, 1.82) is 0 Å². The van der Waals surface area contributed by atoms with E-state index in [1.165, 1.54) is 0 Å². The number of anilines is 1. The Labute approximate surface area is 121 Å². The first-order valence-electron chi connectivity index (χ1n) is 6.80. The van der Waals surface area contributed by atoms with E-state index in [1.807, 2.05) is 0 Å². The van der Waals surface area contributed by atoms with E-state index in [0.29, 0.717) is 12.6 Å². The molecule has 2 aromatic heterocycles. The van der Waals surface area contributed by atoms with Crippen LogP contribution in [0, 0.1) is 0 Å². The molecule has 1 aliphatic heterocycles. The first-order valence-corrected chi connectivity index (χ1v) is 6.80. The maximum Gasteiger partial charge on any atom is 0.323 e. The smallest absolute Gasteiger partial charge is 0.323 e. The van der Waals surface area contributed by atoms with E-state index >= 15 is 0 Å². The Hall–Kier alpha value is -2.26. The standard InChI is InChI=1S/C12H17N7O2/c13-18-10-15-11(19-5-4-14-8-19)17-12(16-10)21-7-9-3-1-2-6-20-9/h4-5,8-9H,1-3,6-7,13H2,(H,15,16,17,18). The fraction of sp³-hybridized carbons (Fsp3) is 0.500. The molecule has 0 saturated carbocycles. The number of hydrogen-bond acceptors (Lipinski definition) is 8. The lowest BCUT2D eigenvalue weighted by atomic mass is 10.1. The molecule has 0 aliphatic carbocycles. The van der Waals surface area contributed by atoms with Crippen LogP contribution in [0.1, 0.15) is 19.3 Å². The van der Waals surface area contributed by atoms with Crippen LogP contribution in [0.2, 0.25) is 0 Å². The summed E-state index contributed by atoms with van der Waals surface area (Å²) < 4.78 is 12.9. The monoisotopic (exact) mass is 291 g/mol. The number of nitrogens with one attached hydrogen (secondary N) is 1. The Morgan fingerprint density at radius 1 is 1.38 bits per heavy atom. The first kappa shape index (κ1) is 13.7. The second kappa shape index (κ2) is 6.46. The third-order valence-corrected chi connectivity index (χ3v) is 3.14. The van der Waals surface area contributed by atoms with Crippen molar-refractivity contribution in [3.8, 4) is 12.0 Å². The van der Waals surface area contributed by atoms with Gasteiger partial charge in [-0.1, -0.05) is 0 Å². The molecule has 1 fully saturated rings. The molecule has 9 nitrogen and oxygen atoms in total. The second-order valence-corrected chi connectivity index (χ2v) is 4.66. The molecule has 9 heteroatoms. The fourth-order valence-electron chi connectivity index (χ4n) is 2.07. The van der Waals surface area contributed by atoms with Crippen LogP contribution in [-0.4, -0.2) is 43.8 Å². The zero-order valence-corrected chi connectivity index (χ0v) is 11.5. The summed E-state index contributed by atoms with van der Waals surface area (Å²) in [7, 11) is 0. The molecule has 3 N–H and O–H groups in total. The highest BCUT2D eigenvalue weighted by Gasteiger charge is 2.16. The number of rotatable bonds is 5. The number of nitrogens with two attached hydrogens (primary N) is 1. The van der Waals surface area contributed by atoms with E-state index in [9.17, 15) is 0 Å². The molecule has 3 rings (SSSR count). The SMILES string of the molecule is NNc1nc(OCC2CCCCO2)nc(-n2ccnc2)n1. The van der Waals surface area contributed by atoms with Crippen LogP contribution >= 0.6 is 0 Å². The third-order valence-electron chi connectivity index (χ3n) is 3.14. The second-order valence-electron chi connectivity index (χ2n) is 4.66. The fourth-order valence-corrected chi connectivity index (χ4v) is 2.07. The molecule has 0 radical (unpaired) electrons. The quantitative estimate of drug-likeness (QED) is 0.597. The highest BCUT2D eigenvalue weighted by atomic mass is 16.5. The maximum absolute atomic E-state index is 5.61. The summed E-state index contributed by atoms with van der Waals surface area (Å²) >= 11 is 0. The highest BCUT2D eigenvalue weighted by molar-refractivity contribution is 5.28. The van der Waals surface area contributed by atoms with Crippen LogP contribution in [0.4, 0.5) is 5.95 Å². The Kier molecular flexibility index (Phi) is 4.22. The van der Waals surface area contributed by atoms with Crippen molar-refractivity contribution in [2.75, 3.05) is 18.6 Å². The molecule has 2 aromatic rings. The van der Waals surface area contributed by atoms with Crippen LogP contribution in [0.25, 0.3) is 5.95 Å². The zero-order chi connectivity index (χ0) is 14.5. The van der Waals surface area contributed by atoms with Gasteiger partial charge in [0.2, 0.25) is 11.9 Å². The van der Waals surface area contributed by atoms with Crippen molar-refractivity contribution in [2.45, 2.75) is 25.4 Å². The van der Waals surface area contributed by atoms with Gasteiger partial charge in [0.15, 0.2) is 0 Å². The van der Waals surface area contributed by atoms with Crippen LogP contribution in [0.5, 0.6) is 6.01 Å². The van der Waals surface area contributed by atoms with Gasteiger partial charge in [0.05, 0.1) is 6.10 Å². The van der Waals surface area contributed by atoms with Crippen molar-refractivity contribution in [3.63, 3.8) is 0 Å². The Morgan fingerprint density at radius 3 is 3.05 bits per heavy atom. The number of imidazole rings is 1. The number of hydrazine groups is 1. The van der Waals surface area contributed by atoms with E-state index in [-0.39, 0.29) is 18.1 Å². The minimum Gasteiger partial charge on any atom is -0.461 e. The Balaban J connectivity index is 1.73. The van der Waals surface area contributed by atoms with E-state index in [2.05, 4.69) is 25.4 Å². The van der Waals surface area contributed by atoms with Crippen molar-refractivity contribution >= 4 is 5.95 Å². The van der Waals surface area contributed by atoms with Gasteiger partial charge in [-0.15, -0.1) is 0 Å². The minimum atomic E-state index is 0.0847. The minimum absolute atomic E-state index is 0.0847. The van der Waals surface area contributed by atoms with Crippen LogP contribution in [0.3, 0.4) is 0 Å². The van der Waals surface area contributed by atoms with Gasteiger partial charge in [-0.25, -0.2) is 10.8 Å². The molecule has 0 aromatic carbocycles. The average Bonchev–Trinajstić information content (AvgIpc) is 3.08. The van der Waals surface area contributed by atoms with Gasteiger partial charge in [0, 0.05) is 19.0 Å². The number of nitrogens with zero attached hydrogens (tertiary/aromatic N) is 5. The summed E-state index contributed by atoms with van der Waals surface area (Å²) in [6.45, 7) is 1.19. The van der Waals surface area contributed by atoms with Crippen LogP contribution in [0.15, 0.2) is 18.7 Å². The lowest BCUT2D eigenvalue weighted by molar-refractivity contribution is -0.0129. The molecule has 1 saturated heterocycles. The highest BCUT2D eigenvalue weighted by Crippen LogP contribution is 2.15. The van der Waals surface area contributed by atoms with Gasteiger partial charge >= 0.3 is 6.01 Å². The number of hydrogen-bond donors (Lipinski definition) is 2. The molecule has 3 heterocycles. The van der Waals surface area contributed by atoms with Gasteiger partial charge in [0.25, 0.3) is 0 Å². The van der Waals surface area contributed by atoms with Crippen molar-refractivity contribution in [3.05, 3.63) is 18.7 Å². The molecule has 1 aliphatic rings. The molecule has 21 heavy (non-hydrogen) atoms. The van der Waals surface area contributed by atoms with Gasteiger partial charge < -0.3 is 9.47 Å². The topological polar surface area (TPSA) is 113 Å². The van der Waals surface area contributed by atoms with E-state index in [4.69, 9.17) is 15.3 Å². The molecule has 1 atom stereocenters. The van der Waals surface area contributed by atoms with E-state index in [1.54, 1.807) is 23.3 Å². The van der Waals surface area contributed by atoms with Gasteiger partial charge in [0.1, 0.15) is 12.9 Å². The molecular weight excluding hydrogens is 274 g/mol. The van der Waals surface area contributed by atoms with Crippen molar-refractivity contribution < 1.29 is 9.47 Å². The predicted molar refractivity (Wildman–Crippen MR) is 73.8 cm³/mol. The summed E-state index contributed by atoms with van der Waals surface area (Å²) in [5, 5.41) is 0. The largest absolute Gasteiger partial charge is 0.461 e. The van der Waals surface area contributed by atoms with Crippen molar-refractivity contribution in [1.82, 2.24) is 24.5 Å². The summed E-state index contributed by atoms with van der Waals surface area (Å²) in [6, 6.07) is 0.204. The van der Waals surface area contributed by atoms with Crippen molar-refractivity contribution in [2.24, 2.45) is 5.84 Å². The molecule has 0 spiro atoms. The van der Waals surface area contributed by atoms with E-state index < -0.39 is 0 Å². The van der Waals surface area contributed by atoms with Gasteiger partial charge in [-0.05, 0) is 19.3 Å². The number of ether oxygens (including phenoxy) is 2. The average molecular weight is 291 g/mol. The molecule has 0 bridgehead atoms. The predicted octanol–water partition coefficient (Wildman–Crippen LogP) is 0.291. The van der Waals surface area contributed by atoms with Crippen LogP contribution < -0.4 is 16.0 Å². The molecular formula is C12H17N7O2. The van der Waals surface area contributed by atoms with E-state index in [0.717, 1.165) is 25.9 Å².